The highest BCUT2D eigenvalue weighted by atomic mass is 16.2. The molecule has 2 aliphatic heterocycles. The zero-order valence-corrected chi connectivity index (χ0v) is 15.7. The molecule has 2 N–H and O–H groups in total. The van der Waals surface area contributed by atoms with Crippen molar-refractivity contribution in [3.8, 4) is 0 Å². The van der Waals surface area contributed by atoms with E-state index in [2.05, 4.69) is 29.0 Å². The van der Waals surface area contributed by atoms with Gasteiger partial charge in [-0.3, -0.25) is 9.59 Å². The number of piperazine rings is 1. The normalized spacial score (nSPS) is 20.1. The SMILES string of the molecule is C[C@H]1c2cccc(C(N)=O)c2C(=O)N1c1ccc(N2CCN(C)CC2)cc1. The van der Waals surface area contributed by atoms with Crippen LogP contribution in [0.1, 0.15) is 39.2 Å². The number of nitrogens with two attached hydrogens (primary N) is 1. The highest BCUT2D eigenvalue weighted by Crippen LogP contribution is 2.39. The molecule has 1 atom stereocenters. The van der Waals surface area contributed by atoms with Crippen molar-refractivity contribution >= 4 is 23.2 Å². The topological polar surface area (TPSA) is 69.9 Å². The third-order valence-corrected chi connectivity index (χ3v) is 5.63. The maximum absolute atomic E-state index is 13.1. The van der Waals surface area contributed by atoms with Gasteiger partial charge in [-0.2, -0.15) is 0 Å². The molecular weight excluding hydrogens is 340 g/mol. The number of carbonyl (C=O) groups is 2. The number of hydrogen-bond acceptors (Lipinski definition) is 4. The zero-order valence-electron chi connectivity index (χ0n) is 15.7. The van der Waals surface area contributed by atoms with Crippen molar-refractivity contribution in [2.24, 2.45) is 5.73 Å². The van der Waals surface area contributed by atoms with E-state index in [0.717, 1.165) is 37.4 Å². The van der Waals surface area contributed by atoms with Crippen LogP contribution in [0.2, 0.25) is 0 Å². The van der Waals surface area contributed by atoms with E-state index in [1.165, 1.54) is 5.69 Å². The Hall–Kier alpha value is -2.86. The molecule has 2 aromatic rings. The Morgan fingerprint density at radius 1 is 1.00 bits per heavy atom. The predicted octanol–water partition coefficient (Wildman–Crippen LogP) is 2.26. The van der Waals surface area contributed by atoms with Gasteiger partial charge in [0.1, 0.15) is 0 Å². The van der Waals surface area contributed by atoms with E-state index >= 15 is 0 Å². The Morgan fingerprint density at radius 2 is 1.63 bits per heavy atom. The summed E-state index contributed by atoms with van der Waals surface area (Å²) in [5.74, 6) is -0.737. The summed E-state index contributed by atoms with van der Waals surface area (Å²) in [6.07, 6.45) is 0. The summed E-state index contributed by atoms with van der Waals surface area (Å²) in [5, 5.41) is 0. The maximum Gasteiger partial charge on any atom is 0.260 e. The van der Waals surface area contributed by atoms with Gasteiger partial charge in [0, 0.05) is 37.6 Å². The Kier molecular flexibility index (Phi) is 4.36. The van der Waals surface area contributed by atoms with Gasteiger partial charge in [0.2, 0.25) is 5.91 Å². The lowest BCUT2D eigenvalue weighted by atomic mass is 10.00. The van der Waals surface area contributed by atoms with Gasteiger partial charge in [0.15, 0.2) is 0 Å². The lowest BCUT2D eigenvalue weighted by Crippen LogP contribution is -2.44. The van der Waals surface area contributed by atoms with Crippen molar-refractivity contribution in [2.75, 3.05) is 43.0 Å². The van der Waals surface area contributed by atoms with Crippen LogP contribution in [0.4, 0.5) is 11.4 Å². The number of benzene rings is 2. The number of primary amides is 1. The number of amides is 2. The molecule has 4 rings (SSSR count). The number of hydrogen-bond donors (Lipinski definition) is 1. The lowest BCUT2D eigenvalue weighted by Gasteiger charge is -2.34. The molecule has 2 aromatic carbocycles. The molecular formula is C21H24N4O2. The Morgan fingerprint density at radius 3 is 2.26 bits per heavy atom. The summed E-state index contributed by atoms with van der Waals surface area (Å²) < 4.78 is 0. The Labute approximate surface area is 159 Å². The molecule has 0 aliphatic carbocycles. The molecule has 0 unspecified atom stereocenters. The molecule has 1 fully saturated rings. The fraction of sp³-hybridized carbons (Fsp3) is 0.333. The van der Waals surface area contributed by atoms with Crippen molar-refractivity contribution in [3.05, 3.63) is 59.2 Å². The number of fused-ring (bicyclic) bond motifs is 1. The average molecular weight is 364 g/mol. The summed E-state index contributed by atoms with van der Waals surface area (Å²) in [4.78, 5) is 31.2. The molecule has 0 aromatic heterocycles. The predicted molar refractivity (Wildman–Crippen MR) is 106 cm³/mol. The molecule has 0 saturated carbocycles. The molecule has 0 bridgehead atoms. The van der Waals surface area contributed by atoms with Crippen molar-refractivity contribution in [1.29, 1.82) is 0 Å². The summed E-state index contributed by atoms with van der Waals surface area (Å²) in [7, 11) is 2.14. The zero-order chi connectivity index (χ0) is 19.1. The minimum absolute atomic E-state index is 0.138. The Bertz CT molecular complexity index is 886. The second kappa shape index (κ2) is 6.70. The first-order valence-electron chi connectivity index (χ1n) is 9.27. The van der Waals surface area contributed by atoms with E-state index in [4.69, 9.17) is 5.73 Å². The summed E-state index contributed by atoms with van der Waals surface area (Å²) >= 11 is 0. The monoisotopic (exact) mass is 364 g/mol. The molecule has 140 valence electrons. The summed E-state index contributed by atoms with van der Waals surface area (Å²) in [6, 6.07) is 13.3. The number of nitrogens with zero attached hydrogens (tertiary/aromatic N) is 3. The third kappa shape index (κ3) is 2.96. The van der Waals surface area contributed by atoms with Gasteiger partial charge >= 0.3 is 0 Å². The maximum atomic E-state index is 13.1. The van der Waals surface area contributed by atoms with E-state index in [9.17, 15) is 9.59 Å². The summed E-state index contributed by atoms with van der Waals surface area (Å²) in [5.41, 5.74) is 9.04. The van der Waals surface area contributed by atoms with Crippen LogP contribution in [0.3, 0.4) is 0 Å². The van der Waals surface area contributed by atoms with Gasteiger partial charge in [-0.05, 0) is 49.9 Å². The van der Waals surface area contributed by atoms with Gasteiger partial charge in [-0.1, -0.05) is 12.1 Å². The molecule has 0 spiro atoms. The minimum Gasteiger partial charge on any atom is -0.369 e. The van der Waals surface area contributed by atoms with Crippen molar-refractivity contribution in [1.82, 2.24) is 4.90 Å². The van der Waals surface area contributed by atoms with Crippen LogP contribution in [-0.2, 0) is 0 Å². The van der Waals surface area contributed by atoms with Crippen LogP contribution in [0.5, 0.6) is 0 Å². The number of carbonyl (C=O) groups excluding carboxylic acids is 2. The molecule has 6 nitrogen and oxygen atoms in total. The van der Waals surface area contributed by atoms with Gasteiger partial charge in [0.25, 0.3) is 5.91 Å². The second-order valence-electron chi connectivity index (χ2n) is 7.29. The standard InChI is InChI=1S/C21H24N4O2/c1-14-17-4-3-5-18(20(22)26)19(17)21(27)25(14)16-8-6-15(7-9-16)24-12-10-23(2)11-13-24/h3-9,14H,10-13H2,1-2H3,(H2,22,26)/t14-/m0/s1. The van der Waals surface area contributed by atoms with Crippen molar-refractivity contribution in [2.45, 2.75) is 13.0 Å². The van der Waals surface area contributed by atoms with Gasteiger partial charge in [-0.25, -0.2) is 0 Å². The Balaban J connectivity index is 1.62. The number of anilines is 2. The fourth-order valence-corrected chi connectivity index (χ4v) is 4.03. The first-order chi connectivity index (χ1) is 13.0. The fourth-order valence-electron chi connectivity index (χ4n) is 4.03. The van der Waals surface area contributed by atoms with E-state index in [-0.39, 0.29) is 11.9 Å². The van der Waals surface area contributed by atoms with Gasteiger partial charge < -0.3 is 20.4 Å². The van der Waals surface area contributed by atoms with Crippen molar-refractivity contribution < 1.29 is 9.59 Å². The van der Waals surface area contributed by atoms with E-state index in [1.54, 1.807) is 17.0 Å². The quantitative estimate of drug-likeness (QED) is 0.907. The molecule has 27 heavy (non-hydrogen) atoms. The van der Waals surface area contributed by atoms with E-state index in [0.29, 0.717) is 11.1 Å². The number of rotatable bonds is 3. The lowest BCUT2D eigenvalue weighted by molar-refractivity contribution is 0.0965. The third-order valence-electron chi connectivity index (χ3n) is 5.63. The van der Waals surface area contributed by atoms with Crippen LogP contribution >= 0.6 is 0 Å². The van der Waals surface area contributed by atoms with Crippen LogP contribution < -0.4 is 15.5 Å². The molecule has 6 heteroatoms. The van der Waals surface area contributed by atoms with Crippen LogP contribution in [0.25, 0.3) is 0 Å². The first kappa shape index (κ1) is 17.5. The van der Waals surface area contributed by atoms with Gasteiger partial charge in [-0.15, -0.1) is 0 Å². The largest absolute Gasteiger partial charge is 0.369 e. The van der Waals surface area contributed by atoms with Crippen molar-refractivity contribution in [3.63, 3.8) is 0 Å². The molecule has 1 saturated heterocycles. The molecule has 2 amide bonds. The molecule has 2 heterocycles. The average Bonchev–Trinajstić information content (AvgIpc) is 2.93. The smallest absolute Gasteiger partial charge is 0.260 e. The minimum atomic E-state index is -0.570. The highest BCUT2D eigenvalue weighted by molar-refractivity contribution is 6.16. The first-order valence-corrected chi connectivity index (χ1v) is 9.27. The van der Waals surface area contributed by atoms with Gasteiger partial charge in [0.05, 0.1) is 17.2 Å². The van der Waals surface area contributed by atoms with Crippen LogP contribution in [0, 0.1) is 0 Å². The molecule has 0 radical (unpaired) electrons. The second-order valence-corrected chi connectivity index (χ2v) is 7.29. The van der Waals surface area contributed by atoms with E-state index in [1.807, 2.05) is 25.1 Å². The van der Waals surface area contributed by atoms with Crippen LogP contribution in [-0.4, -0.2) is 49.9 Å². The summed E-state index contributed by atoms with van der Waals surface area (Å²) in [6.45, 7) is 6.08. The highest BCUT2D eigenvalue weighted by Gasteiger charge is 2.37. The number of likely N-dealkylation sites (N-methyl/N-ethyl adjacent to an activating group) is 1. The van der Waals surface area contributed by atoms with E-state index < -0.39 is 5.91 Å². The van der Waals surface area contributed by atoms with Crippen LogP contribution in [0.15, 0.2) is 42.5 Å². The molecule has 2 aliphatic rings.